The predicted molar refractivity (Wildman–Crippen MR) is 164 cm³/mol. The zero-order chi connectivity index (χ0) is 29.3. The van der Waals surface area contributed by atoms with Gasteiger partial charge in [0.15, 0.2) is 0 Å². The third kappa shape index (κ3) is 7.69. The smallest absolute Gasteiger partial charge is 0.412 e. The molecule has 3 aromatic carbocycles. The van der Waals surface area contributed by atoms with Gasteiger partial charge in [0.2, 0.25) is 11.8 Å². The summed E-state index contributed by atoms with van der Waals surface area (Å²) in [4.78, 5) is 45.0. The molecule has 0 radical (unpaired) electrons. The molecular weight excluding hydrogens is 572 g/mol. The molecule has 8 nitrogen and oxygen atoms in total. The minimum atomic E-state index is -0.761. The van der Waals surface area contributed by atoms with Gasteiger partial charge in [0.05, 0.1) is 6.42 Å². The predicted octanol–water partition coefficient (Wildman–Crippen LogP) is 5.99. The van der Waals surface area contributed by atoms with Gasteiger partial charge < -0.3 is 15.4 Å². The van der Waals surface area contributed by atoms with Gasteiger partial charge in [-0.15, -0.1) is 11.8 Å². The van der Waals surface area contributed by atoms with Crippen LogP contribution in [0.3, 0.4) is 0 Å². The van der Waals surface area contributed by atoms with Crippen LogP contribution in [0.15, 0.2) is 103 Å². The lowest BCUT2D eigenvalue weighted by Gasteiger charge is -2.28. The number of halogens is 1. The molecular formula is C32H29ClN4O4S. The molecule has 2 atom stereocenters. The maximum absolute atomic E-state index is 13.5. The quantitative estimate of drug-likeness (QED) is 0.245. The number of benzene rings is 3. The average molecular weight is 601 g/mol. The van der Waals surface area contributed by atoms with Crippen molar-refractivity contribution < 1.29 is 19.1 Å². The molecule has 42 heavy (non-hydrogen) atoms. The molecule has 10 heteroatoms. The number of amides is 3. The molecule has 0 saturated carbocycles. The highest BCUT2D eigenvalue weighted by molar-refractivity contribution is 7.99. The molecule has 5 rings (SSSR count). The van der Waals surface area contributed by atoms with E-state index in [1.807, 2.05) is 60.7 Å². The minimum absolute atomic E-state index is 0.0976. The van der Waals surface area contributed by atoms with Gasteiger partial charge in [-0.05, 0) is 58.7 Å². The van der Waals surface area contributed by atoms with E-state index in [0.717, 1.165) is 22.3 Å². The van der Waals surface area contributed by atoms with Gasteiger partial charge >= 0.3 is 6.09 Å². The second kappa shape index (κ2) is 14.0. The van der Waals surface area contributed by atoms with Crippen molar-refractivity contribution in [2.24, 2.45) is 0 Å². The lowest BCUT2D eigenvalue weighted by molar-refractivity contribution is -0.121. The van der Waals surface area contributed by atoms with Gasteiger partial charge in [0.25, 0.3) is 0 Å². The Morgan fingerprint density at radius 1 is 0.905 bits per heavy atom. The van der Waals surface area contributed by atoms with Crippen LogP contribution in [0, 0.1) is 0 Å². The molecule has 1 aliphatic rings. The maximum atomic E-state index is 13.5. The Labute approximate surface area is 253 Å². The molecule has 1 saturated heterocycles. The summed E-state index contributed by atoms with van der Waals surface area (Å²) in [5.74, 6) is -0.0836. The number of nitrogens with one attached hydrogen (secondary N) is 2. The first-order valence-corrected chi connectivity index (χ1v) is 14.8. The molecule has 2 N–H and O–H groups in total. The van der Waals surface area contributed by atoms with Crippen molar-refractivity contribution >= 4 is 47.0 Å². The second-order valence-electron chi connectivity index (χ2n) is 9.70. The number of ether oxygens (including phenoxy) is 1. The number of anilines is 1. The fraction of sp³-hybridized carbons (Fsp3) is 0.188. The van der Waals surface area contributed by atoms with E-state index in [1.54, 1.807) is 42.7 Å². The summed E-state index contributed by atoms with van der Waals surface area (Å²) in [6.07, 6.45) is 2.90. The molecule has 2 heterocycles. The number of pyridine rings is 1. The summed E-state index contributed by atoms with van der Waals surface area (Å²) in [6, 6.07) is 26.7. The van der Waals surface area contributed by atoms with Crippen LogP contribution in [0.4, 0.5) is 10.5 Å². The van der Waals surface area contributed by atoms with Crippen LogP contribution in [0.25, 0.3) is 0 Å². The van der Waals surface area contributed by atoms with Crippen LogP contribution in [0.1, 0.15) is 27.6 Å². The number of carbonyl (C=O) groups is 3. The fourth-order valence-corrected chi connectivity index (χ4v) is 6.09. The number of hydrogen-bond donors (Lipinski definition) is 2. The third-order valence-corrected chi connectivity index (χ3v) is 8.25. The lowest BCUT2D eigenvalue weighted by Crippen LogP contribution is -2.45. The molecule has 0 aliphatic carbocycles. The molecule has 1 fully saturated rings. The highest BCUT2D eigenvalue weighted by Gasteiger charge is 2.43. The molecule has 1 aromatic heterocycles. The van der Waals surface area contributed by atoms with Gasteiger partial charge in [-0.25, -0.2) is 4.79 Å². The Hall–Kier alpha value is -4.34. The first-order valence-electron chi connectivity index (χ1n) is 13.4. The SMILES string of the molecule is O=C(Cc1cccc(NC(=O)C2CSC(c3ccncc3)N2C(=O)OCc2ccccc2)c1)NCc1ccc(Cl)cc1. The Bertz CT molecular complexity index is 1520. The van der Waals surface area contributed by atoms with Gasteiger partial charge in [0, 0.05) is 35.4 Å². The van der Waals surface area contributed by atoms with Crippen molar-refractivity contribution in [1.29, 1.82) is 0 Å². The highest BCUT2D eigenvalue weighted by Crippen LogP contribution is 2.42. The fourth-order valence-electron chi connectivity index (χ4n) is 4.55. The Kier molecular flexibility index (Phi) is 9.74. The highest BCUT2D eigenvalue weighted by atomic mass is 35.5. The van der Waals surface area contributed by atoms with Crippen LogP contribution in [-0.4, -0.2) is 39.6 Å². The minimum Gasteiger partial charge on any atom is -0.444 e. The lowest BCUT2D eigenvalue weighted by atomic mass is 10.1. The van der Waals surface area contributed by atoms with Crippen molar-refractivity contribution in [3.8, 4) is 0 Å². The zero-order valence-electron chi connectivity index (χ0n) is 22.6. The number of carbonyl (C=O) groups excluding carboxylic acids is 3. The molecule has 2 unspecified atom stereocenters. The van der Waals surface area contributed by atoms with Crippen LogP contribution in [-0.2, 0) is 33.9 Å². The van der Waals surface area contributed by atoms with E-state index in [0.29, 0.717) is 23.0 Å². The van der Waals surface area contributed by atoms with E-state index in [-0.39, 0.29) is 24.8 Å². The monoisotopic (exact) mass is 600 g/mol. The molecule has 1 aliphatic heterocycles. The summed E-state index contributed by atoms with van der Waals surface area (Å²) in [5, 5.41) is 6.07. The third-order valence-electron chi connectivity index (χ3n) is 6.67. The van der Waals surface area contributed by atoms with Crippen LogP contribution in [0.5, 0.6) is 0 Å². The van der Waals surface area contributed by atoms with E-state index >= 15 is 0 Å². The summed E-state index contributed by atoms with van der Waals surface area (Å²) in [7, 11) is 0. The number of aromatic nitrogens is 1. The van der Waals surface area contributed by atoms with E-state index in [1.165, 1.54) is 16.7 Å². The van der Waals surface area contributed by atoms with Gasteiger partial charge in [-0.2, -0.15) is 0 Å². The topological polar surface area (TPSA) is 101 Å². The maximum Gasteiger partial charge on any atom is 0.412 e. The number of rotatable bonds is 9. The van der Waals surface area contributed by atoms with Crippen LogP contribution >= 0.6 is 23.4 Å². The molecule has 3 amide bonds. The van der Waals surface area contributed by atoms with Gasteiger partial charge in [-0.3, -0.25) is 19.5 Å². The molecule has 214 valence electrons. The summed E-state index contributed by atoms with van der Waals surface area (Å²) in [5.41, 5.74) is 3.94. The zero-order valence-corrected chi connectivity index (χ0v) is 24.2. The van der Waals surface area contributed by atoms with Crippen molar-refractivity contribution in [3.05, 3.63) is 131 Å². The van der Waals surface area contributed by atoms with Crippen LogP contribution in [0.2, 0.25) is 5.02 Å². The van der Waals surface area contributed by atoms with E-state index < -0.39 is 17.5 Å². The Balaban J connectivity index is 1.24. The van der Waals surface area contributed by atoms with Crippen molar-refractivity contribution in [3.63, 3.8) is 0 Å². The van der Waals surface area contributed by atoms with Crippen LogP contribution < -0.4 is 10.6 Å². The summed E-state index contributed by atoms with van der Waals surface area (Å²) >= 11 is 7.42. The van der Waals surface area contributed by atoms with E-state index in [9.17, 15) is 14.4 Å². The number of thioether (sulfide) groups is 1. The first kappa shape index (κ1) is 29.2. The largest absolute Gasteiger partial charge is 0.444 e. The van der Waals surface area contributed by atoms with Crippen molar-refractivity contribution in [2.75, 3.05) is 11.1 Å². The molecule has 4 aromatic rings. The second-order valence-corrected chi connectivity index (χ2v) is 11.2. The van der Waals surface area contributed by atoms with Gasteiger partial charge in [-0.1, -0.05) is 66.2 Å². The molecule has 0 spiro atoms. The van der Waals surface area contributed by atoms with Crippen molar-refractivity contribution in [2.45, 2.75) is 31.0 Å². The Morgan fingerprint density at radius 3 is 2.40 bits per heavy atom. The summed E-state index contributed by atoms with van der Waals surface area (Å²) in [6.45, 7) is 0.487. The normalized spacial score (nSPS) is 16.1. The Morgan fingerprint density at radius 2 is 1.64 bits per heavy atom. The van der Waals surface area contributed by atoms with E-state index in [2.05, 4.69) is 15.6 Å². The average Bonchev–Trinajstić information content (AvgIpc) is 3.46. The number of nitrogens with zero attached hydrogens (tertiary/aromatic N) is 2. The van der Waals surface area contributed by atoms with Gasteiger partial charge in [0.1, 0.15) is 18.0 Å². The first-order chi connectivity index (χ1) is 20.5. The van der Waals surface area contributed by atoms with E-state index in [4.69, 9.17) is 16.3 Å². The standard InChI is InChI=1S/C32H29ClN4O4S/c33-26-11-9-22(10-12-26)19-35-29(38)18-24-7-4-8-27(17-24)36-30(39)28-21-42-31(25-13-15-34-16-14-25)37(28)32(40)41-20-23-5-2-1-3-6-23/h1-17,28,31H,18-21H2,(H,35,38)(H,36,39). The molecule has 0 bridgehead atoms. The summed E-state index contributed by atoms with van der Waals surface area (Å²) < 4.78 is 5.65. The van der Waals surface area contributed by atoms with Crippen molar-refractivity contribution in [1.82, 2.24) is 15.2 Å². The number of hydrogen-bond acceptors (Lipinski definition) is 6.